The molecule has 0 radical (unpaired) electrons. The van der Waals surface area contributed by atoms with E-state index in [1.165, 1.54) is 18.2 Å². The Kier molecular flexibility index (Phi) is 3.61. The molecule has 0 saturated carbocycles. The lowest BCUT2D eigenvalue weighted by Gasteiger charge is -2.08. The number of nitrogens with two attached hydrogens (primary N) is 2. The van der Waals surface area contributed by atoms with E-state index in [0.717, 1.165) is 0 Å². The van der Waals surface area contributed by atoms with E-state index in [4.69, 9.17) is 20.9 Å². The molecule has 0 atom stereocenters. The van der Waals surface area contributed by atoms with Gasteiger partial charge in [-0.15, -0.1) is 0 Å². The number of hydrogen-bond acceptors (Lipinski definition) is 5. The molecule has 0 aromatic heterocycles. The Bertz CT molecular complexity index is 795. The molecule has 0 aliphatic heterocycles. The Labute approximate surface area is 116 Å². The van der Waals surface area contributed by atoms with Crippen LogP contribution in [0.15, 0.2) is 47.4 Å². The molecule has 0 aliphatic rings. The van der Waals surface area contributed by atoms with Gasteiger partial charge in [0.2, 0.25) is 10.0 Å². The maximum Gasteiger partial charge on any atom is 0.240 e. The standard InChI is InChI=1S/C13H11N3O3S/c14-8-9-2-1-3-10(6-9)19-11-4-5-13(12(15)7-11)20(16,17)18/h1-7H,15H2,(H2,16,17,18). The summed E-state index contributed by atoms with van der Waals surface area (Å²) in [5, 5.41) is 13.8. The second kappa shape index (κ2) is 5.21. The number of anilines is 1. The third-order valence-electron chi connectivity index (χ3n) is 2.49. The lowest BCUT2D eigenvalue weighted by atomic mass is 10.2. The fraction of sp³-hybridized carbons (Fsp3) is 0. The first-order valence-corrected chi connectivity index (χ1v) is 7.05. The maximum atomic E-state index is 11.2. The summed E-state index contributed by atoms with van der Waals surface area (Å²) in [6.07, 6.45) is 0. The summed E-state index contributed by atoms with van der Waals surface area (Å²) in [7, 11) is -3.86. The Morgan fingerprint density at radius 3 is 2.40 bits per heavy atom. The van der Waals surface area contributed by atoms with Gasteiger partial charge in [0.1, 0.15) is 16.4 Å². The van der Waals surface area contributed by atoms with Gasteiger partial charge in [0, 0.05) is 6.07 Å². The van der Waals surface area contributed by atoms with Crippen LogP contribution in [0.3, 0.4) is 0 Å². The van der Waals surface area contributed by atoms with E-state index >= 15 is 0 Å². The number of benzene rings is 2. The van der Waals surface area contributed by atoms with Crippen molar-refractivity contribution in [3.63, 3.8) is 0 Å². The van der Waals surface area contributed by atoms with Crippen LogP contribution in [-0.4, -0.2) is 8.42 Å². The molecule has 6 nitrogen and oxygen atoms in total. The van der Waals surface area contributed by atoms with Crippen LogP contribution in [0, 0.1) is 11.3 Å². The minimum Gasteiger partial charge on any atom is -0.457 e. The molecule has 0 saturated heterocycles. The molecule has 7 heteroatoms. The van der Waals surface area contributed by atoms with Crippen molar-refractivity contribution in [2.24, 2.45) is 5.14 Å². The van der Waals surface area contributed by atoms with Crippen LogP contribution in [0.5, 0.6) is 11.5 Å². The Morgan fingerprint density at radius 2 is 1.80 bits per heavy atom. The van der Waals surface area contributed by atoms with Crippen LogP contribution in [0.25, 0.3) is 0 Å². The van der Waals surface area contributed by atoms with Crippen molar-refractivity contribution in [1.29, 1.82) is 5.26 Å². The highest BCUT2D eigenvalue weighted by Crippen LogP contribution is 2.27. The van der Waals surface area contributed by atoms with Crippen LogP contribution >= 0.6 is 0 Å². The molecule has 2 aromatic rings. The van der Waals surface area contributed by atoms with Crippen molar-refractivity contribution in [3.8, 4) is 17.6 Å². The minimum atomic E-state index is -3.86. The Hall–Kier alpha value is -2.56. The fourth-order valence-electron chi connectivity index (χ4n) is 1.61. The van der Waals surface area contributed by atoms with Crippen molar-refractivity contribution < 1.29 is 13.2 Å². The van der Waals surface area contributed by atoms with Crippen molar-refractivity contribution in [2.45, 2.75) is 4.90 Å². The molecular formula is C13H11N3O3S. The zero-order chi connectivity index (χ0) is 14.8. The average Bonchev–Trinajstić information content (AvgIpc) is 2.37. The summed E-state index contributed by atoms with van der Waals surface area (Å²) in [6, 6.07) is 12.6. The summed E-state index contributed by atoms with van der Waals surface area (Å²) in [6.45, 7) is 0. The molecule has 4 N–H and O–H groups in total. The first kappa shape index (κ1) is 13.9. The number of nitriles is 1. The molecule has 20 heavy (non-hydrogen) atoms. The van der Waals surface area contributed by atoms with Gasteiger partial charge in [0.25, 0.3) is 0 Å². The number of nitrogens with zero attached hydrogens (tertiary/aromatic N) is 1. The average molecular weight is 289 g/mol. The van der Waals surface area contributed by atoms with Gasteiger partial charge in [0.15, 0.2) is 0 Å². The summed E-state index contributed by atoms with van der Waals surface area (Å²) in [5.74, 6) is 0.803. The van der Waals surface area contributed by atoms with Crippen molar-refractivity contribution in [1.82, 2.24) is 0 Å². The molecular weight excluding hydrogens is 278 g/mol. The number of primary sulfonamides is 1. The lowest BCUT2D eigenvalue weighted by molar-refractivity contribution is 0.482. The van der Waals surface area contributed by atoms with E-state index < -0.39 is 10.0 Å². The van der Waals surface area contributed by atoms with Gasteiger partial charge in [-0.2, -0.15) is 5.26 Å². The number of hydrogen-bond donors (Lipinski definition) is 2. The fourth-order valence-corrected chi connectivity index (χ4v) is 2.26. The van der Waals surface area contributed by atoms with Gasteiger partial charge in [-0.25, -0.2) is 13.6 Å². The third kappa shape index (κ3) is 3.06. The number of nitrogen functional groups attached to an aromatic ring is 1. The van der Waals surface area contributed by atoms with Crippen LogP contribution in [0.4, 0.5) is 5.69 Å². The van der Waals surface area contributed by atoms with E-state index in [0.29, 0.717) is 17.1 Å². The Balaban J connectivity index is 2.32. The monoisotopic (exact) mass is 289 g/mol. The highest BCUT2D eigenvalue weighted by Gasteiger charge is 2.13. The number of ether oxygens (including phenoxy) is 1. The minimum absolute atomic E-state index is 0.00133. The zero-order valence-electron chi connectivity index (χ0n) is 10.3. The predicted molar refractivity (Wildman–Crippen MR) is 73.5 cm³/mol. The number of rotatable bonds is 3. The quantitative estimate of drug-likeness (QED) is 0.831. The maximum absolute atomic E-state index is 11.2. The topological polar surface area (TPSA) is 119 Å². The summed E-state index contributed by atoms with van der Waals surface area (Å²) in [5.41, 5.74) is 6.08. The van der Waals surface area contributed by atoms with Crippen LogP contribution in [0.1, 0.15) is 5.56 Å². The third-order valence-corrected chi connectivity index (χ3v) is 3.47. The second-order valence-corrected chi connectivity index (χ2v) is 5.52. The van der Waals surface area contributed by atoms with Gasteiger partial charge < -0.3 is 10.5 Å². The first-order valence-electron chi connectivity index (χ1n) is 5.50. The summed E-state index contributed by atoms with van der Waals surface area (Å²) >= 11 is 0. The van der Waals surface area contributed by atoms with Gasteiger partial charge in [-0.1, -0.05) is 6.07 Å². The predicted octanol–water partition coefficient (Wildman–Crippen LogP) is 1.58. The van der Waals surface area contributed by atoms with Gasteiger partial charge in [0.05, 0.1) is 17.3 Å². The molecule has 2 rings (SSSR count). The van der Waals surface area contributed by atoms with E-state index in [9.17, 15) is 8.42 Å². The second-order valence-electron chi connectivity index (χ2n) is 3.99. The van der Waals surface area contributed by atoms with E-state index in [-0.39, 0.29) is 10.6 Å². The van der Waals surface area contributed by atoms with Crippen LogP contribution < -0.4 is 15.6 Å². The van der Waals surface area contributed by atoms with E-state index in [1.54, 1.807) is 24.3 Å². The molecule has 0 amide bonds. The largest absolute Gasteiger partial charge is 0.457 e. The smallest absolute Gasteiger partial charge is 0.240 e. The highest BCUT2D eigenvalue weighted by molar-refractivity contribution is 7.89. The van der Waals surface area contributed by atoms with Crippen LogP contribution in [-0.2, 0) is 10.0 Å². The Morgan fingerprint density at radius 1 is 1.10 bits per heavy atom. The molecule has 0 bridgehead atoms. The van der Waals surface area contributed by atoms with Crippen molar-refractivity contribution in [3.05, 3.63) is 48.0 Å². The summed E-state index contributed by atoms with van der Waals surface area (Å²) in [4.78, 5) is -0.157. The van der Waals surface area contributed by atoms with Gasteiger partial charge >= 0.3 is 0 Å². The molecule has 102 valence electrons. The SMILES string of the molecule is N#Cc1cccc(Oc2ccc(S(N)(=O)=O)c(N)c2)c1. The molecule has 0 heterocycles. The van der Waals surface area contributed by atoms with E-state index in [2.05, 4.69) is 0 Å². The van der Waals surface area contributed by atoms with Gasteiger partial charge in [-0.3, -0.25) is 0 Å². The first-order chi connectivity index (χ1) is 9.40. The number of sulfonamides is 1. The zero-order valence-corrected chi connectivity index (χ0v) is 11.1. The summed E-state index contributed by atoms with van der Waals surface area (Å²) < 4.78 is 28.0. The molecule has 0 aliphatic carbocycles. The molecule has 2 aromatic carbocycles. The molecule has 0 spiro atoms. The molecule has 0 fully saturated rings. The van der Waals surface area contributed by atoms with Crippen molar-refractivity contribution in [2.75, 3.05) is 5.73 Å². The van der Waals surface area contributed by atoms with Crippen LogP contribution in [0.2, 0.25) is 0 Å². The van der Waals surface area contributed by atoms with Crippen molar-refractivity contribution >= 4 is 15.7 Å². The van der Waals surface area contributed by atoms with E-state index in [1.807, 2.05) is 6.07 Å². The molecule has 0 unspecified atom stereocenters. The lowest BCUT2D eigenvalue weighted by Crippen LogP contribution is -2.14. The highest BCUT2D eigenvalue weighted by atomic mass is 32.2. The van der Waals surface area contributed by atoms with Gasteiger partial charge in [-0.05, 0) is 30.3 Å². The normalized spacial score (nSPS) is 10.8.